The Morgan fingerprint density at radius 3 is 2.18 bits per heavy atom. The molecule has 0 spiro atoms. The quantitative estimate of drug-likeness (QED) is 0.809. The van der Waals surface area contributed by atoms with E-state index in [0.29, 0.717) is 4.88 Å². The number of nitrogens with zero attached hydrogens (tertiary/aromatic N) is 1. The molecule has 17 heavy (non-hydrogen) atoms. The van der Waals surface area contributed by atoms with E-state index >= 15 is 0 Å². The van der Waals surface area contributed by atoms with Crippen molar-refractivity contribution in [1.29, 1.82) is 0 Å². The lowest BCUT2D eigenvalue weighted by molar-refractivity contribution is -0.114. The number of carbonyl (C=O) groups excluding carboxylic acids is 2. The first-order chi connectivity index (χ1) is 7.93. The van der Waals surface area contributed by atoms with Gasteiger partial charge in [0.25, 0.3) is 0 Å². The second-order valence-corrected chi connectivity index (χ2v) is 5.23. The summed E-state index contributed by atoms with van der Waals surface area (Å²) in [5.41, 5.74) is 5.43. The molecule has 0 amide bonds. The molecule has 0 fully saturated rings. The topological polar surface area (TPSA) is 73.0 Å². The number of hydrogen-bond acceptors (Lipinski definition) is 5. The molecule has 0 atom stereocenters. The standard InChI is InChI=1S/C9H3Cl3N2O2S/c10-4-3(2-1-14-9(13)17-2)7(15)5(11)6(12)8(4)16/h1H,(H2,13,14). The van der Waals surface area contributed by atoms with E-state index in [1.807, 2.05) is 0 Å². The average Bonchev–Trinajstić information content (AvgIpc) is 2.71. The minimum absolute atomic E-state index is 0.0136. The van der Waals surface area contributed by atoms with Crippen LogP contribution in [0.5, 0.6) is 0 Å². The Balaban J connectivity index is 2.61. The van der Waals surface area contributed by atoms with Crippen LogP contribution in [-0.4, -0.2) is 16.6 Å². The Bertz CT molecular complexity index is 603. The predicted molar refractivity (Wildman–Crippen MR) is 68.0 cm³/mol. The van der Waals surface area contributed by atoms with Gasteiger partial charge in [-0.2, -0.15) is 0 Å². The molecule has 2 N–H and O–H groups in total. The van der Waals surface area contributed by atoms with Crippen LogP contribution < -0.4 is 5.73 Å². The molecular weight excluding hydrogens is 307 g/mol. The maximum atomic E-state index is 11.9. The third-order valence-electron chi connectivity index (χ3n) is 2.01. The lowest BCUT2D eigenvalue weighted by Crippen LogP contribution is -2.16. The van der Waals surface area contributed by atoms with Gasteiger partial charge in [0.15, 0.2) is 5.13 Å². The number of halogens is 3. The summed E-state index contributed by atoms with van der Waals surface area (Å²) in [5.74, 6) is -1.29. The Hall–Kier alpha value is -0.880. The first kappa shape index (κ1) is 12.6. The largest absolute Gasteiger partial charge is 0.375 e. The number of ketones is 2. The normalized spacial score (nSPS) is 17.1. The molecule has 1 aliphatic rings. The van der Waals surface area contributed by atoms with E-state index in [2.05, 4.69) is 4.98 Å². The summed E-state index contributed by atoms with van der Waals surface area (Å²) in [4.78, 5) is 27.6. The molecule has 1 aliphatic carbocycles. The first-order valence-corrected chi connectivity index (χ1v) is 6.14. The molecular formula is C9H3Cl3N2O2S. The van der Waals surface area contributed by atoms with Crippen molar-refractivity contribution in [3.05, 3.63) is 26.2 Å². The second kappa shape index (κ2) is 4.42. The number of Topliss-reactive ketones (excluding diaryl/α,β-unsaturated/α-hetero) is 2. The lowest BCUT2D eigenvalue weighted by atomic mass is 10.0. The number of rotatable bonds is 1. The van der Waals surface area contributed by atoms with Gasteiger partial charge in [0, 0.05) is 6.20 Å². The summed E-state index contributed by atoms with van der Waals surface area (Å²) in [5, 5.41) is -0.729. The van der Waals surface area contributed by atoms with Gasteiger partial charge >= 0.3 is 0 Å². The molecule has 0 radical (unpaired) electrons. The Morgan fingerprint density at radius 2 is 1.65 bits per heavy atom. The SMILES string of the molecule is Nc1ncc(C2=C(Cl)C(=O)C(Cl)=C(Cl)C2=O)s1. The van der Waals surface area contributed by atoms with Gasteiger partial charge in [0.2, 0.25) is 11.6 Å². The minimum atomic E-state index is -0.681. The van der Waals surface area contributed by atoms with Crippen molar-refractivity contribution < 1.29 is 9.59 Å². The zero-order chi connectivity index (χ0) is 12.7. The van der Waals surface area contributed by atoms with Crippen LogP contribution >= 0.6 is 46.1 Å². The van der Waals surface area contributed by atoms with E-state index in [4.69, 9.17) is 40.5 Å². The van der Waals surface area contributed by atoms with E-state index in [-0.39, 0.29) is 25.8 Å². The zero-order valence-electron chi connectivity index (χ0n) is 7.96. The van der Waals surface area contributed by atoms with Gasteiger partial charge in [0.1, 0.15) is 15.1 Å². The summed E-state index contributed by atoms with van der Waals surface area (Å²) < 4.78 is 0. The predicted octanol–water partition coefficient (Wildman–Crippen LogP) is 2.52. The Morgan fingerprint density at radius 1 is 1.06 bits per heavy atom. The molecule has 1 aromatic rings. The summed E-state index contributed by atoms with van der Waals surface area (Å²) in [6, 6.07) is 0. The maximum Gasteiger partial charge on any atom is 0.218 e. The molecule has 1 aromatic heterocycles. The highest BCUT2D eigenvalue weighted by Gasteiger charge is 2.33. The molecule has 0 aliphatic heterocycles. The van der Waals surface area contributed by atoms with Crippen molar-refractivity contribution in [2.75, 3.05) is 5.73 Å². The number of allylic oxidation sites excluding steroid dienone is 4. The van der Waals surface area contributed by atoms with Gasteiger partial charge in [-0.1, -0.05) is 46.1 Å². The fourth-order valence-corrected chi connectivity index (χ4v) is 2.72. The number of nitrogens with two attached hydrogens (primary N) is 1. The summed E-state index contributed by atoms with van der Waals surface area (Å²) in [7, 11) is 0. The van der Waals surface area contributed by atoms with Crippen LogP contribution in [0.15, 0.2) is 21.3 Å². The van der Waals surface area contributed by atoms with Crippen LogP contribution in [0.1, 0.15) is 4.88 Å². The smallest absolute Gasteiger partial charge is 0.218 e. The van der Waals surface area contributed by atoms with Crippen molar-refractivity contribution in [1.82, 2.24) is 4.98 Å². The van der Waals surface area contributed by atoms with Gasteiger partial charge in [-0.25, -0.2) is 4.98 Å². The molecule has 0 saturated carbocycles. The fourth-order valence-electron chi connectivity index (χ4n) is 1.24. The van der Waals surface area contributed by atoms with Crippen LogP contribution in [0.4, 0.5) is 5.13 Å². The van der Waals surface area contributed by atoms with Gasteiger partial charge in [0.05, 0.1) is 10.5 Å². The third-order valence-corrected chi connectivity index (χ3v) is 4.03. The van der Waals surface area contributed by atoms with Gasteiger partial charge in [-0.15, -0.1) is 0 Å². The molecule has 88 valence electrons. The third kappa shape index (κ3) is 1.99. The average molecular weight is 310 g/mol. The molecule has 2 rings (SSSR count). The second-order valence-electron chi connectivity index (χ2n) is 3.04. The number of nitrogen functional groups attached to an aromatic ring is 1. The minimum Gasteiger partial charge on any atom is -0.375 e. The maximum absolute atomic E-state index is 11.9. The highest BCUT2D eigenvalue weighted by molar-refractivity contribution is 7.17. The number of aromatic nitrogens is 1. The van der Waals surface area contributed by atoms with Crippen molar-refractivity contribution in [3.63, 3.8) is 0 Å². The van der Waals surface area contributed by atoms with E-state index < -0.39 is 11.6 Å². The van der Waals surface area contributed by atoms with Crippen LogP contribution in [0.3, 0.4) is 0 Å². The van der Waals surface area contributed by atoms with Crippen molar-refractivity contribution >= 4 is 68.4 Å². The zero-order valence-corrected chi connectivity index (χ0v) is 11.0. The van der Waals surface area contributed by atoms with Crippen molar-refractivity contribution in [2.45, 2.75) is 0 Å². The molecule has 8 heteroatoms. The van der Waals surface area contributed by atoms with E-state index in [1.54, 1.807) is 0 Å². The Labute approximate surface area is 115 Å². The van der Waals surface area contributed by atoms with E-state index in [1.165, 1.54) is 6.20 Å². The molecule has 0 unspecified atom stereocenters. The van der Waals surface area contributed by atoms with Crippen LogP contribution in [0.25, 0.3) is 5.57 Å². The summed E-state index contributed by atoms with van der Waals surface area (Å²) >= 11 is 18.1. The van der Waals surface area contributed by atoms with E-state index in [9.17, 15) is 9.59 Å². The molecule has 0 aromatic carbocycles. The van der Waals surface area contributed by atoms with E-state index in [0.717, 1.165) is 11.3 Å². The van der Waals surface area contributed by atoms with Gasteiger partial charge in [-0.3, -0.25) is 9.59 Å². The Kier molecular flexibility index (Phi) is 3.27. The summed E-state index contributed by atoms with van der Waals surface area (Å²) in [6.45, 7) is 0. The lowest BCUT2D eigenvalue weighted by Gasteiger charge is -2.12. The monoisotopic (exact) mass is 308 g/mol. The molecule has 1 heterocycles. The van der Waals surface area contributed by atoms with Crippen molar-refractivity contribution in [2.24, 2.45) is 0 Å². The molecule has 4 nitrogen and oxygen atoms in total. The van der Waals surface area contributed by atoms with Crippen molar-refractivity contribution in [3.8, 4) is 0 Å². The highest BCUT2D eigenvalue weighted by Crippen LogP contribution is 2.38. The van der Waals surface area contributed by atoms with Gasteiger partial charge < -0.3 is 5.73 Å². The molecule has 0 bridgehead atoms. The highest BCUT2D eigenvalue weighted by atomic mass is 35.5. The molecule has 0 saturated heterocycles. The van der Waals surface area contributed by atoms with Gasteiger partial charge in [-0.05, 0) is 0 Å². The number of carbonyl (C=O) groups is 2. The first-order valence-electron chi connectivity index (χ1n) is 4.19. The number of thiazole rings is 1. The number of hydrogen-bond donors (Lipinski definition) is 1. The number of anilines is 1. The summed E-state index contributed by atoms with van der Waals surface area (Å²) in [6.07, 6.45) is 1.35. The fraction of sp³-hybridized carbons (Fsp3) is 0. The van der Waals surface area contributed by atoms with Crippen LogP contribution in [0, 0.1) is 0 Å². The van der Waals surface area contributed by atoms with Crippen LogP contribution in [0.2, 0.25) is 0 Å². The van der Waals surface area contributed by atoms with Crippen LogP contribution in [-0.2, 0) is 9.59 Å².